The lowest BCUT2D eigenvalue weighted by Gasteiger charge is -2.22. The van der Waals surface area contributed by atoms with Gasteiger partial charge >= 0.3 is 0 Å². The van der Waals surface area contributed by atoms with Crippen molar-refractivity contribution in [3.63, 3.8) is 0 Å². The molecule has 0 bridgehead atoms. The highest BCUT2D eigenvalue weighted by Crippen LogP contribution is 2.10. The predicted molar refractivity (Wildman–Crippen MR) is 86.3 cm³/mol. The first-order chi connectivity index (χ1) is 10.5. The number of aromatic nitrogens is 1. The maximum absolute atomic E-state index is 12.4. The SMILES string of the molecule is CC(C)CC(=O)N1CCCN(C(=O)Cc2ccn(C)c2)CC1. The Kier molecular flexibility index (Phi) is 5.63. The minimum Gasteiger partial charge on any atom is -0.357 e. The Morgan fingerprint density at radius 3 is 2.27 bits per heavy atom. The second-order valence-electron chi connectivity index (χ2n) is 6.58. The lowest BCUT2D eigenvalue weighted by Crippen LogP contribution is -2.38. The Hall–Kier alpha value is -1.78. The van der Waals surface area contributed by atoms with E-state index in [2.05, 4.69) is 13.8 Å². The van der Waals surface area contributed by atoms with Gasteiger partial charge in [0.05, 0.1) is 6.42 Å². The summed E-state index contributed by atoms with van der Waals surface area (Å²) >= 11 is 0. The molecule has 0 atom stereocenters. The summed E-state index contributed by atoms with van der Waals surface area (Å²) in [5, 5.41) is 0. The van der Waals surface area contributed by atoms with Gasteiger partial charge in [-0.3, -0.25) is 9.59 Å². The Morgan fingerprint density at radius 1 is 1.09 bits per heavy atom. The molecule has 0 saturated carbocycles. The van der Waals surface area contributed by atoms with Crippen LogP contribution in [0.15, 0.2) is 18.5 Å². The maximum Gasteiger partial charge on any atom is 0.227 e. The third-order valence-electron chi connectivity index (χ3n) is 4.03. The zero-order valence-corrected chi connectivity index (χ0v) is 13.9. The van der Waals surface area contributed by atoms with E-state index in [9.17, 15) is 9.59 Å². The van der Waals surface area contributed by atoms with Crippen LogP contribution in [0.2, 0.25) is 0 Å². The summed E-state index contributed by atoms with van der Waals surface area (Å²) in [7, 11) is 1.96. The van der Waals surface area contributed by atoms with Crippen molar-refractivity contribution in [3.05, 3.63) is 24.0 Å². The van der Waals surface area contributed by atoms with Crippen LogP contribution in [0.25, 0.3) is 0 Å². The van der Waals surface area contributed by atoms with Crippen LogP contribution in [0, 0.1) is 5.92 Å². The van der Waals surface area contributed by atoms with Crippen LogP contribution < -0.4 is 0 Å². The van der Waals surface area contributed by atoms with Crippen molar-refractivity contribution < 1.29 is 9.59 Å². The topological polar surface area (TPSA) is 45.6 Å². The molecule has 1 aromatic rings. The van der Waals surface area contributed by atoms with Crippen LogP contribution in [0.5, 0.6) is 0 Å². The summed E-state index contributed by atoms with van der Waals surface area (Å²) in [5.74, 6) is 0.753. The fourth-order valence-electron chi connectivity index (χ4n) is 2.85. The van der Waals surface area contributed by atoms with Crippen molar-refractivity contribution in [1.29, 1.82) is 0 Å². The average Bonchev–Trinajstić information content (AvgIpc) is 2.72. The molecule has 0 aromatic carbocycles. The van der Waals surface area contributed by atoms with Gasteiger partial charge in [-0.05, 0) is 24.0 Å². The smallest absolute Gasteiger partial charge is 0.227 e. The molecule has 0 radical (unpaired) electrons. The molecule has 0 N–H and O–H groups in total. The zero-order chi connectivity index (χ0) is 16.1. The van der Waals surface area contributed by atoms with E-state index < -0.39 is 0 Å². The normalized spacial score (nSPS) is 16.0. The van der Waals surface area contributed by atoms with E-state index in [0.29, 0.717) is 31.8 Å². The Balaban J connectivity index is 1.86. The highest BCUT2D eigenvalue weighted by atomic mass is 16.2. The first kappa shape index (κ1) is 16.6. The molecule has 2 amide bonds. The lowest BCUT2D eigenvalue weighted by molar-refractivity contribution is -0.133. The molecule has 2 heterocycles. The Bertz CT molecular complexity index is 522. The number of carbonyl (C=O) groups is 2. The van der Waals surface area contributed by atoms with E-state index in [1.54, 1.807) is 0 Å². The number of aryl methyl sites for hydroxylation is 1. The molecule has 2 rings (SSSR count). The molecule has 22 heavy (non-hydrogen) atoms. The molecule has 122 valence electrons. The van der Waals surface area contributed by atoms with Crippen LogP contribution in [0.1, 0.15) is 32.3 Å². The van der Waals surface area contributed by atoms with Gasteiger partial charge in [-0.15, -0.1) is 0 Å². The van der Waals surface area contributed by atoms with E-state index in [1.165, 1.54) is 0 Å². The van der Waals surface area contributed by atoms with Crippen molar-refractivity contribution in [2.24, 2.45) is 13.0 Å². The Labute approximate surface area is 132 Å². The number of rotatable bonds is 4. The van der Waals surface area contributed by atoms with Gasteiger partial charge in [0.1, 0.15) is 0 Å². The molecule has 1 aromatic heterocycles. The van der Waals surface area contributed by atoms with Crippen molar-refractivity contribution in [3.8, 4) is 0 Å². The van der Waals surface area contributed by atoms with Crippen LogP contribution in [-0.4, -0.2) is 52.4 Å². The summed E-state index contributed by atoms with van der Waals surface area (Å²) < 4.78 is 1.96. The quantitative estimate of drug-likeness (QED) is 0.849. The minimum absolute atomic E-state index is 0.157. The van der Waals surface area contributed by atoms with Gasteiger partial charge in [0.15, 0.2) is 0 Å². The third-order valence-corrected chi connectivity index (χ3v) is 4.03. The predicted octanol–water partition coefficient (Wildman–Crippen LogP) is 1.67. The summed E-state index contributed by atoms with van der Waals surface area (Å²) in [5.41, 5.74) is 1.05. The number of hydrogen-bond donors (Lipinski definition) is 0. The molecule has 1 saturated heterocycles. The fourth-order valence-corrected chi connectivity index (χ4v) is 2.85. The molecule has 1 aliphatic heterocycles. The van der Waals surface area contributed by atoms with Crippen molar-refractivity contribution in [2.45, 2.75) is 33.1 Å². The van der Waals surface area contributed by atoms with Crippen molar-refractivity contribution >= 4 is 11.8 Å². The summed E-state index contributed by atoms with van der Waals surface area (Å²) in [4.78, 5) is 28.4. The summed E-state index contributed by atoms with van der Waals surface area (Å²) in [6, 6.07) is 1.98. The van der Waals surface area contributed by atoms with E-state index in [4.69, 9.17) is 0 Å². The third kappa shape index (κ3) is 4.61. The van der Waals surface area contributed by atoms with Crippen LogP contribution in [0.4, 0.5) is 0 Å². The largest absolute Gasteiger partial charge is 0.357 e. The second-order valence-corrected chi connectivity index (χ2v) is 6.58. The highest BCUT2D eigenvalue weighted by molar-refractivity contribution is 5.79. The lowest BCUT2D eigenvalue weighted by atomic mass is 10.1. The molecule has 0 unspecified atom stereocenters. The molecule has 1 aliphatic rings. The molecule has 1 fully saturated rings. The minimum atomic E-state index is 0.157. The molecular formula is C17H27N3O2. The van der Waals surface area contributed by atoms with E-state index in [1.807, 2.05) is 39.9 Å². The maximum atomic E-state index is 12.4. The molecular weight excluding hydrogens is 278 g/mol. The van der Waals surface area contributed by atoms with Gasteiger partial charge in [-0.1, -0.05) is 13.8 Å². The van der Waals surface area contributed by atoms with Crippen molar-refractivity contribution in [1.82, 2.24) is 14.4 Å². The van der Waals surface area contributed by atoms with Gasteiger partial charge in [-0.25, -0.2) is 0 Å². The summed E-state index contributed by atoms with van der Waals surface area (Å²) in [6.45, 7) is 6.94. The van der Waals surface area contributed by atoms with E-state index in [0.717, 1.165) is 25.1 Å². The number of carbonyl (C=O) groups excluding carboxylic acids is 2. The molecule has 5 nitrogen and oxygen atoms in total. The number of nitrogens with zero attached hydrogens (tertiary/aromatic N) is 3. The fraction of sp³-hybridized carbons (Fsp3) is 0.647. The summed E-state index contributed by atoms with van der Waals surface area (Å²) in [6.07, 6.45) is 5.84. The van der Waals surface area contributed by atoms with E-state index >= 15 is 0 Å². The first-order valence-corrected chi connectivity index (χ1v) is 8.12. The van der Waals surface area contributed by atoms with Crippen LogP contribution in [-0.2, 0) is 23.1 Å². The second kappa shape index (κ2) is 7.47. The number of hydrogen-bond acceptors (Lipinski definition) is 2. The first-order valence-electron chi connectivity index (χ1n) is 8.12. The van der Waals surface area contributed by atoms with Gasteiger partial charge < -0.3 is 14.4 Å². The standard InChI is InChI=1S/C17H27N3O2/c1-14(2)11-16(21)19-6-4-7-20(10-9-19)17(22)12-15-5-8-18(3)13-15/h5,8,13-14H,4,6-7,9-12H2,1-3H3. The van der Waals surface area contributed by atoms with Crippen LogP contribution >= 0.6 is 0 Å². The van der Waals surface area contributed by atoms with Gasteiger partial charge in [0.25, 0.3) is 0 Å². The van der Waals surface area contributed by atoms with Crippen LogP contribution in [0.3, 0.4) is 0 Å². The van der Waals surface area contributed by atoms with Gasteiger partial charge in [-0.2, -0.15) is 0 Å². The molecule has 0 aliphatic carbocycles. The van der Waals surface area contributed by atoms with E-state index in [-0.39, 0.29) is 11.8 Å². The monoisotopic (exact) mass is 305 g/mol. The number of amides is 2. The Morgan fingerprint density at radius 2 is 1.73 bits per heavy atom. The average molecular weight is 305 g/mol. The molecule has 0 spiro atoms. The highest BCUT2D eigenvalue weighted by Gasteiger charge is 2.22. The van der Waals surface area contributed by atoms with Gasteiger partial charge in [0, 0.05) is 52.0 Å². The molecule has 5 heteroatoms. The van der Waals surface area contributed by atoms with Gasteiger partial charge in [0.2, 0.25) is 11.8 Å². The van der Waals surface area contributed by atoms with Crippen molar-refractivity contribution in [2.75, 3.05) is 26.2 Å². The zero-order valence-electron chi connectivity index (χ0n) is 13.9.